The molecule has 3 rings (SSSR count). The second kappa shape index (κ2) is 6.02. The van der Waals surface area contributed by atoms with Gasteiger partial charge < -0.3 is 14.8 Å². The Morgan fingerprint density at radius 2 is 1.70 bits per heavy atom. The third-order valence-corrected chi connectivity index (χ3v) is 4.77. The van der Waals surface area contributed by atoms with E-state index in [1.165, 1.54) is 19.1 Å². The second-order valence-corrected chi connectivity index (χ2v) is 6.15. The van der Waals surface area contributed by atoms with E-state index in [0.717, 1.165) is 0 Å². The van der Waals surface area contributed by atoms with Crippen LogP contribution in [0.1, 0.15) is 17.4 Å². The van der Waals surface area contributed by atoms with E-state index in [-0.39, 0.29) is 27.6 Å². The third-order valence-electron chi connectivity index (χ3n) is 4.02. The van der Waals surface area contributed by atoms with E-state index in [9.17, 15) is 14.0 Å². The van der Waals surface area contributed by atoms with Gasteiger partial charge in [0.05, 0.1) is 10.0 Å². The van der Waals surface area contributed by atoms with Crippen molar-refractivity contribution in [2.24, 2.45) is 0 Å². The number of aromatic amines is 1. The molecule has 0 unspecified atom stereocenters. The van der Waals surface area contributed by atoms with Gasteiger partial charge in [0.2, 0.25) is 5.91 Å². The van der Waals surface area contributed by atoms with E-state index in [2.05, 4.69) is 4.98 Å². The highest BCUT2D eigenvalue weighted by Gasteiger charge is 2.27. The minimum absolute atomic E-state index is 0.0111. The smallest absolute Gasteiger partial charge is 0.271 e. The first-order valence-corrected chi connectivity index (χ1v) is 7.85. The van der Waals surface area contributed by atoms with Gasteiger partial charge in [-0.1, -0.05) is 23.2 Å². The van der Waals surface area contributed by atoms with E-state index >= 15 is 0 Å². The highest BCUT2D eigenvalue weighted by atomic mass is 35.5. The predicted octanol–water partition coefficient (Wildman–Crippen LogP) is 2.92. The lowest BCUT2D eigenvalue weighted by atomic mass is 10.2. The summed E-state index contributed by atoms with van der Waals surface area (Å²) in [5, 5.41) is 0.312. The van der Waals surface area contributed by atoms with E-state index in [1.54, 1.807) is 9.80 Å². The molecule has 1 aliphatic heterocycles. The fraction of sp³-hybridized carbons (Fsp3) is 0.333. The van der Waals surface area contributed by atoms with Crippen LogP contribution < -0.4 is 0 Å². The predicted molar refractivity (Wildman–Crippen MR) is 86.4 cm³/mol. The van der Waals surface area contributed by atoms with Crippen LogP contribution >= 0.6 is 23.2 Å². The van der Waals surface area contributed by atoms with Gasteiger partial charge >= 0.3 is 0 Å². The van der Waals surface area contributed by atoms with Crippen molar-refractivity contribution in [1.29, 1.82) is 0 Å². The number of H-pyrrole nitrogens is 1. The fourth-order valence-corrected chi connectivity index (χ4v) is 3.35. The van der Waals surface area contributed by atoms with E-state index in [0.29, 0.717) is 37.1 Å². The zero-order valence-corrected chi connectivity index (χ0v) is 13.8. The van der Waals surface area contributed by atoms with E-state index < -0.39 is 5.82 Å². The Morgan fingerprint density at radius 1 is 1.09 bits per heavy atom. The number of amides is 2. The number of carbonyl (C=O) groups is 2. The molecule has 1 saturated heterocycles. The molecule has 1 aliphatic rings. The van der Waals surface area contributed by atoms with Gasteiger partial charge in [-0.05, 0) is 12.1 Å². The van der Waals surface area contributed by atoms with Crippen LogP contribution in [0.4, 0.5) is 4.39 Å². The number of fused-ring (bicyclic) bond motifs is 1. The molecule has 1 fully saturated rings. The molecule has 5 nitrogen and oxygen atoms in total. The first-order valence-electron chi connectivity index (χ1n) is 7.10. The summed E-state index contributed by atoms with van der Waals surface area (Å²) < 4.78 is 13.6. The summed E-state index contributed by atoms with van der Waals surface area (Å²) in [7, 11) is 0. The van der Waals surface area contributed by atoms with Crippen LogP contribution in [0.25, 0.3) is 10.9 Å². The minimum atomic E-state index is -0.589. The molecule has 0 saturated carbocycles. The molecule has 2 aromatic rings. The summed E-state index contributed by atoms with van der Waals surface area (Å²) in [5.74, 6) is -0.886. The third kappa shape index (κ3) is 2.77. The van der Waals surface area contributed by atoms with Crippen LogP contribution in [-0.2, 0) is 4.79 Å². The molecule has 0 radical (unpaired) electrons. The number of hydrogen-bond donors (Lipinski definition) is 1. The van der Waals surface area contributed by atoms with Gasteiger partial charge in [0.15, 0.2) is 0 Å². The highest BCUT2D eigenvalue weighted by Crippen LogP contribution is 2.35. The summed E-state index contributed by atoms with van der Waals surface area (Å²) in [6, 6.07) is 2.71. The van der Waals surface area contributed by atoms with Crippen molar-refractivity contribution < 1.29 is 14.0 Å². The maximum absolute atomic E-state index is 13.6. The SMILES string of the molecule is CC(=O)N1CCN(C(=O)c2[nH]c3ccc(F)c(Cl)c3c2Cl)CC1. The van der Waals surface area contributed by atoms with Gasteiger partial charge in [0.1, 0.15) is 11.5 Å². The molecule has 8 heteroatoms. The molecule has 1 N–H and O–H groups in total. The quantitative estimate of drug-likeness (QED) is 0.852. The number of carbonyl (C=O) groups excluding carboxylic acids is 2. The van der Waals surface area contributed by atoms with Crippen LogP contribution in [0.15, 0.2) is 12.1 Å². The number of hydrogen-bond acceptors (Lipinski definition) is 2. The number of piperazine rings is 1. The summed E-state index contributed by atoms with van der Waals surface area (Å²) in [6.45, 7) is 3.31. The maximum Gasteiger partial charge on any atom is 0.271 e. The molecule has 1 aromatic heterocycles. The first-order chi connectivity index (χ1) is 10.9. The normalized spacial score (nSPS) is 15.3. The number of rotatable bonds is 1. The molecule has 1 aromatic carbocycles. The van der Waals surface area contributed by atoms with Gasteiger partial charge in [-0.25, -0.2) is 4.39 Å². The summed E-state index contributed by atoms with van der Waals surface area (Å²) in [6.07, 6.45) is 0. The van der Waals surface area contributed by atoms with Crippen LogP contribution in [0.2, 0.25) is 10.0 Å². The van der Waals surface area contributed by atoms with Crippen molar-refractivity contribution in [1.82, 2.24) is 14.8 Å². The Bertz CT molecular complexity index is 798. The van der Waals surface area contributed by atoms with Gasteiger partial charge in [0.25, 0.3) is 5.91 Å². The number of nitrogens with zero attached hydrogens (tertiary/aromatic N) is 2. The molecule has 2 amide bonds. The molecule has 2 heterocycles. The van der Waals surface area contributed by atoms with Crippen LogP contribution in [0.5, 0.6) is 0 Å². The summed E-state index contributed by atoms with van der Waals surface area (Å²) >= 11 is 12.2. The molecule has 23 heavy (non-hydrogen) atoms. The van der Waals surface area contributed by atoms with Gasteiger partial charge in [-0.3, -0.25) is 9.59 Å². The topological polar surface area (TPSA) is 56.4 Å². The van der Waals surface area contributed by atoms with Crippen molar-refractivity contribution >= 4 is 45.9 Å². The first kappa shape index (κ1) is 16.1. The number of halogens is 3. The minimum Gasteiger partial charge on any atom is -0.349 e. The Balaban J connectivity index is 1.89. The summed E-state index contributed by atoms with van der Waals surface area (Å²) in [5.41, 5.74) is 0.692. The second-order valence-electron chi connectivity index (χ2n) is 5.40. The lowest BCUT2D eigenvalue weighted by molar-refractivity contribution is -0.130. The van der Waals surface area contributed by atoms with Crippen molar-refractivity contribution in [2.45, 2.75) is 6.92 Å². The lowest BCUT2D eigenvalue weighted by Gasteiger charge is -2.34. The number of nitrogens with one attached hydrogen (secondary N) is 1. The zero-order valence-electron chi connectivity index (χ0n) is 12.3. The molecule has 0 aliphatic carbocycles. The maximum atomic E-state index is 13.6. The fourth-order valence-electron chi connectivity index (χ4n) is 2.71. The number of aromatic nitrogens is 1. The average molecular weight is 358 g/mol. The molecular formula is C15H14Cl2FN3O2. The zero-order chi connectivity index (χ0) is 16.7. The number of benzene rings is 1. The van der Waals surface area contributed by atoms with E-state index in [1.807, 2.05) is 0 Å². The van der Waals surface area contributed by atoms with Crippen molar-refractivity contribution in [3.63, 3.8) is 0 Å². The van der Waals surface area contributed by atoms with Gasteiger partial charge in [-0.2, -0.15) is 0 Å². The van der Waals surface area contributed by atoms with Crippen LogP contribution in [-0.4, -0.2) is 52.8 Å². The van der Waals surface area contributed by atoms with Gasteiger partial charge in [-0.15, -0.1) is 0 Å². The monoisotopic (exact) mass is 357 g/mol. The molecule has 0 atom stereocenters. The Hall–Kier alpha value is -1.79. The van der Waals surface area contributed by atoms with Crippen molar-refractivity contribution in [3.05, 3.63) is 33.7 Å². The Morgan fingerprint density at radius 3 is 2.30 bits per heavy atom. The molecule has 122 valence electrons. The highest BCUT2D eigenvalue weighted by molar-refractivity contribution is 6.44. The Kier molecular flexibility index (Phi) is 4.21. The standard InChI is InChI=1S/C15H14Cl2FN3O2/c1-8(22)20-4-6-21(7-5-20)15(23)14-13(17)11-10(19-14)3-2-9(18)12(11)16/h2-3,19H,4-7H2,1H3. The largest absolute Gasteiger partial charge is 0.349 e. The van der Waals surface area contributed by atoms with E-state index in [4.69, 9.17) is 23.2 Å². The molecule has 0 bridgehead atoms. The Labute approximate surface area is 141 Å². The lowest BCUT2D eigenvalue weighted by Crippen LogP contribution is -2.50. The average Bonchev–Trinajstić information content (AvgIpc) is 2.88. The summed E-state index contributed by atoms with van der Waals surface area (Å²) in [4.78, 5) is 30.2. The van der Waals surface area contributed by atoms with Crippen molar-refractivity contribution in [2.75, 3.05) is 26.2 Å². The van der Waals surface area contributed by atoms with Crippen LogP contribution in [0, 0.1) is 5.82 Å². The molecule has 0 spiro atoms. The van der Waals surface area contributed by atoms with Gasteiger partial charge in [0, 0.05) is 44.0 Å². The van der Waals surface area contributed by atoms with Crippen molar-refractivity contribution in [3.8, 4) is 0 Å². The molecular weight excluding hydrogens is 344 g/mol. The van der Waals surface area contributed by atoms with Crippen LogP contribution in [0.3, 0.4) is 0 Å².